The van der Waals surface area contributed by atoms with Crippen molar-refractivity contribution in [2.24, 2.45) is 7.05 Å². The first-order valence-electron chi connectivity index (χ1n) is 6.95. The van der Waals surface area contributed by atoms with E-state index in [4.69, 9.17) is 0 Å². The molecule has 0 atom stereocenters. The summed E-state index contributed by atoms with van der Waals surface area (Å²) in [6.07, 6.45) is 5.45. The normalized spacial score (nSPS) is 10.8. The Morgan fingerprint density at radius 3 is 2.90 bits per heavy atom. The van der Waals surface area contributed by atoms with Gasteiger partial charge in [-0.15, -0.1) is 10.2 Å². The predicted octanol–water partition coefficient (Wildman–Crippen LogP) is 2.31. The highest BCUT2D eigenvalue weighted by molar-refractivity contribution is 5.62. The van der Waals surface area contributed by atoms with Crippen molar-refractivity contribution in [2.45, 2.75) is 20.0 Å². The molecule has 2 heterocycles. The average Bonchev–Trinajstić information content (AvgIpc) is 3.13. The molecule has 0 fully saturated rings. The quantitative estimate of drug-likeness (QED) is 0.780. The second-order valence-corrected chi connectivity index (χ2v) is 4.87. The first-order valence-corrected chi connectivity index (χ1v) is 6.95. The summed E-state index contributed by atoms with van der Waals surface area (Å²) in [7, 11) is 1.94. The molecule has 0 saturated heterocycles. The zero-order valence-corrected chi connectivity index (χ0v) is 12.2. The van der Waals surface area contributed by atoms with Gasteiger partial charge in [0, 0.05) is 31.0 Å². The van der Waals surface area contributed by atoms with E-state index >= 15 is 0 Å². The van der Waals surface area contributed by atoms with Crippen molar-refractivity contribution in [1.82, 2.24) is 24.3 Å². The molecule has 1 aromatic carbocycles. The Labute approximate surface area is 123 Å². The van der Waals surface area contributed by atoms with Crippen molar-refractivity contribution in [3.05, 3.63) is 48.8 Å². The number of imidazole rings is 1. The number of anilines is 1. The summed E-state index contributed by atoms with van der Waals surface area (Å²) in [5.74, 6) is 0.859. The van der Waals surface area contributed by atoms with Crippen LogP contribution in [0.25, 0.3) is 11.4 Å². The maximum atomic E-state index is 4.18. The second-order valence-electron chi connectivity index (χ2n) is 4.87. The van der Waals surface area contributed by atoms with Gasteiger partial charge in [-0.25, -0.2) is 4.98 Å². The highest BCUT2D eigenvalue weighted by Gasteiger charge is 2.05. The molecule has 3 aromatic rings. The minimum Gasteiger partial charge on any atom is -0.379 e. The van der Waals surface area contributed by atoms with E-state index in [2.05, 4.69) is 38.1 Å². The van der Waals surface area contributed by atoms with Crippen molar-refractivity contribution < 1.29 is 0 Å². The van der Waals surface area contributed by atoms with Crippen molar-refractivity contribution in [3.8, 4) is 11.4 Å². The number of benzene rings is 1. The van der Waals surface area contributed by atoms with Crippen molar-refractivity contribution in [3.63, 3.8) is 0 Å². The molecule has 1 N–H and O–H groups in total. The Morgan fingerprint density at radius 2 is 2.14 bits per heavy atom. The van der Waals surface area contributed by atoms with Gasteiger partial charge in [-0.3, -0.25) is 0 Å². The monoisotopic (exact) mass is 282 g/mol. The van der Waals surface area contributed by atoms with Crippen LogP contribution in [-0.2, 0) is 20.1 Å². The van der Waals surface area contributed by atoms with Crippen LogP contribution in [0.3, 0.4) is 0 Å². The van der Waals surface area contributed by atoms with Gasteiger partial charge in [-0.2, -0.15) is 0 Å². The van der Waals surface area contributed by atoms with E-state index in [9.17, 15) is 0 Å². The largest absolute Gasteiger partial charge is 0.379 e. The summed E-state index contributed by atoms with van der Waals surface area (Å²) < 4.78 is 4.03. The number of nitrogens with one attached hydrogen (secondary N) is 1. The number of hydrogen-bond donors (Lipinski definition) is 1. The Hall–Kier alpha value is -2.63. The Balaban J connectivity index is 1.76. The van der Waals surface area contributed by atoms with Crippen LogP contribution in [0.5, 0.6) is 0 Å². The highest BCUT2D eigenvalue weighted by atomic mass is 15.2. The molecular formula is C15H18N6. The molecular weight excluding hydrogens is 264 g/mol. The Bertz CT molecular complexity index is 727. The highest BCUT2D eigenvalue weighted by Crippen LogP contribution is 2.20. The van der Waals surface area contributed by atoms with Crippen LogP contribution in [0, 0.1) is 0 Å². The van der Waals surface area contributed by atoms with Crippen LogP contribution in [0.4, 0.5) is 5.69 Å². The third kappa shape index (κ3) is 2.79. The van der Waals surface area contributed by atoms with Crippen LogP contribution in [0.2, 0.25) is 0 Å². The molecule has 0 radical (unpaired) electrons. The molecule has 6 nitrogen and oxygen atoms in total. The average molecular weight is 282 g/mol. The second kappa shape index (κ2) is 5.78. The summed E-state index contributed by atoms with van der Waals surface area (Å²) in [5, 5.41) is 11.5. The smallest absolute Gasteiger partial charge is 0.163 e. The van der Waals surface area contributed by atoms with Gasteiger partial charge in [0.2, 0.25) is 0 Å². The lowest BCUT2D eigenvalue weighted by Crippen LogP contribution is -2.06. The van der Waals surface area contributed by atoms with E-state index in [0.29, 0.717) is 0 Å². The van der Waals surface area contributed by atoms with Gasteiger partial charge >= 0.3 is 0 Å². The number of aryl methyl sites for hydroxylation is 2. The van der Waals surface area contributed by atoms with E-state index < -0.39 is 0 Å². The zero-order valence-electron chi connectivity index (χ0n) is 12.2. The lowest BCUT2D eigenvalue weighted by Gasteiger charge is -2.09. The molecule has 108 valence electrons. The predicted molar refractivity (Wildman–Crippen MR) is 81.7 cm³/mol. The van der Waals surface area contributed by atoms with Gasteiger partial charge in [-0.05, 0) is 19.1 Å². The topological polar surface area (TPSA) is 60.6 Å². The SMILES string of the molecule is CCn1cncc1CNc1cccc(-c2nncn2C)c1. The zero-order chi connectivity index (χ0) is 14.7. The van der Waals surface area contributed by atoms with E-state index in [1.807, 2.05) is 42.3 Å². The van der Waals surface area contributed by atoms with Crippen LogP contribution in [-0.4, -0.2) is 24.3 Å². The van der Waals surface area contributed by atoms with Crippen molar-refractivity contribution in [2.75, 3.05) is 5.32 Å². The first-order chi connectivity index (χ1) is 10.3. The molecule has 0 aliphatic carbocycles. The molecule has 6 heteroatoms. The fraction of sp³-hybridized carbons (Fsp3) is 0.267. The Kier molecular flexibility index (Phi) is 3.68. The van der Waals surface area contributed by atoms with Crippen LogP contribution in [0.15, 0.2) is 43.1 Å². The van der Waals surface area contributed by atoms with E-state index in [-0.39, 0.29) is 0 Å². The molecule has 0 saturated carbocycles. The summed E-state index contributed by atoms with van der Waals surface area (Å²) in [4.78, 5) is 4.18. The van der Waals surface area contributed by atoms with E-state index in [0.717, 1.165) is 30.2 Å². The van der Waals surface area contributed by atoms with Crippen LogP contribution in [0.1, 0.15) is 12.6 Å². The van der Waals surface area contributed by atoms with Gasteiger partial charge in [0.1, 0.15) is 6.33 Å². The summed E-state index contributed by atoms with van der Waals surface area (Å²) in [6.45, 7) is 3.78. The standard InChI is InChI=1S/C15H18N6/c1-3-21-10-16-8-14(21)9-17-13-6-4-5-12(7-13)15-19-18-11-20(15)2/h4-8,10-11,17H,3,9H2,1-2H3. The van der Waals surface area contributed by atoms with Gasteiger partial charge in [0.25, 0.3) is 0 Å². The molecule has 0 amide bonds. The van der Waals surface area contributed by atoms with Crippen LogP contribution < -0.4 is 5.32 Å². The minimum atomic E-state index is 0.746. The summed E-state index contributed by atoms with van der Waals surface area (Å²) in [5.41, 5.74) is 3.27. The number of aromatic nitrogens is 5. The molecule has 21 heavy (non-hydrogen) atoms. The Morgan fingerprint density at radius 1 is 1.24 bits per heavy atom. The molecule has 0 aliphatic heterocycles. The van der Waals surface area contributed by atoms with Crippen molar-refractivity contribution >= 4 is 5.69 Å². The maximum absolute atomic E-state index is 4.18. The first kappa shape index (κ1) is 13.4. The van der Waals surface area contributed by atoms with Gasteiger partial charge in [-0.1, -0.05) is 12.1 Å². The molecule has 3 rings (SSSR count). The maximum Gasteiger partial charge on any atom is 0.163 e. The fourth-order valence-electron chi connectivity index (χ4n) is 2.29. The lowest BCUT2D eigenvalue weighted by molar-refractivity contribution is 0.719. The van der Waals surface area contributed by atoms with Crippen LogP contribution >= 0.6 is 0 Å². The molecule has 0 aliphatic rings. The van der Waals surface area contributed by atoms with E-state index in [1.54, 1.807) is 6.33 Å². The fourth-order valence-corrected chi connectivity index (χ4v) is 2.29. The lowest BCUT2D eigenvalue weighted by atomic mass is 10.2. The summed E-state index contributed by atoms with van der Waals surface area (Å²) >= 11 is 0. The van der Waals surface area contributed by atoms with E-state index in [1.165, 1.54) is 5.69 Å². The third-order valence-corrected chi connectivity index (χ3v) is 3.45. The minimum absolute atomic E-state index is 0.746. The number of nitrogens with zero attached hydrogens (tertiary/aromatic N) is 5. The van der Waals surface area contributed by atoms with Gasteiger partial charge < -0.3 is 14.5 Å². The number of hydrogen-bond acceptors (Lipinski definition) is 4. The van der Waals surface area contributed by atoms with Gasteiger partial charge in [0.15, 0.2) is 5.82 Å². The summed E-state index contributed by atoms with van der Waals surface area (Å²) in [6, 6.07) is 8.18. The van der Waals surface area contributed by atoms with Gasteiger partial charge in [0.05, 0.1) is 18.6 Å². The molecule has 2 aromatic heterocycles. The molecule has 0 spiro atoms. The number of rotatable bonds is 5. The van der Waals surface area contributed by atoms with Crippen molar-refractivity contribution in [1.29, 1.82) is 0 Å². The third-order valence-electron chi connectivity index (χ3n) is 3.45. The molecule has 0 unspecified atom stereocenters. The molecule has 0 bridgehead atoms.